The summed E-state index contributed by atoms with van der Waals surface area (Å²) in [7, 11) is 0. The number of aliphatic hydroxyl groups excluding tert-OH is 3. The number of Topliss-reactive ketones (excluding diaryl/α,β-unsaturated/α-hetero) is 3. The van der Waals surface area contributed by atoms with Crippen LogP contribution in [0.25, 0.3) is 0 Å². The Balaban J connectivity index is 1.51. The van der Waals surface area contributed by atoms with Gasteiger partial charge in [0, 0.05) is 17.8 Å². The number of unbranched alkanes of at least 4 members (excludes halogenated alkanes) is 6. The summed E-state index contributed by atoms with van der Waals surface area (Å²) in [5, 5.41) is 40.6. The third kappa shape index (κ3) is 15.6. The molecule has 12 heteroatoms. The molecule has 0 amide bonds. The molecule has 0 aliphatic heterocycles. The molecule has 7 aliphatic carbocycles. The molecule has 7 aliphatic rings. The minimum absolute atomic E-state index is 0.273. The highest BCUT2D eigenvalue weighted by atomic mass is 16.7. The lowest BCUT2D eigenvalue weighted by molar-refractivity contribution is -0.329. The maximum absolute atomic E-state index is 17.7. The standard InChI is InChI=1S/C72H120O12/c1-7-13-19-49-25-37-55(38-26-49)62(74)70(82-67(79)58-43-31-52(32-44-58)22-16-10-4)65(77)61(73)66(78)71(63(75)56-39-27-50(28-40-56)20-14-8-2,83-68(80)59-45-33-53(34-46-59)23-17-11-5)72(70,64(76)57-41-29-51(30-42-57)21-15-9-3)84-69(81)60-47-35-54(36-48-60)24-18-12-6/h49-61,65-66,73,77-78H,7-48H2,1-6H3/t49?,50?,51?,52?,53?,54?,55?,56?,57?,58?,59?,60?,61?,65-,66+,70+,71-,72?. The van der Waals surface area contributed by atoms with Gasteiger partial charge in [0.1, 0.15) is 18.3 Å². The zero-order valence-electron chi connectivity index (χ0n) is 53.9. The van der Waals surface area contributed by atoms with Crippen LogP contribution in [-0.2, 0) is 43.0 Å². The highest BCUT2D eigenvalue weighted by Crippen LogP contribution is 2.59. The number of carbonyl (C=O) groups excluding carboxylic acids is 6. The molecule has 84 heavy (non-hydrogen) atoms. The Morgan fingerprint density at radius 1 is 0.298 bits per heavy atom. The third-order valence-electron chi connectivity index (χ3n) is 23.4. The van der Waals surface area contributed by atoms with Crippen LogP contribution in [0, 0.1) is 71.0 Å². The van der Waals surface area contributed by atoms with Gasteiger partial charge in [-0.2, -0.15) is 0 Å². The van der Waals surface area contributed by atoms with E-state index in [9.17, 15) is 15.3 Å². The summed E-state index contributed by atoms with van der Waals surface area (Å²) < 4.78 is 21.5. The van der Waals surface area contributed by atoms with Gasteiger partial charge in [-0.3, -0.25) is 28.8 Å². The molecule has 0 aromatic rings. The number of hydrogen-bond donors (Lipinski definition) is 3. The SMILES string of the molecule is CCCCC1CCC(C(=O)OC2(C(=O)C3CCC(CCCC)CC3)[C@@](OC(=O)C3CCC(CCCC)CC3)(C(=O)C3CCC(CCCC)CC3)[C@@H](O)C(O)[C@@H](O)[C@@]2(OC(=O)C2CCC(CCCC)CC2)C(=O)C2CCC(CCCC)CC2)CC1. The van der Waals surface area contributed by atoms with Gasteiger partial charge >= 0.3 is 17.9 Å². The van der Waals surface area contributed by atoms with E-state index in [1.807, 2.05) is 0 Å². The minimum Gasteiger partial charge on any atom is -0.443 e. The van der Waals surface area contributed by atoms with Crippen LogP contribution in [0.1, 0.15) is 311 Å². The van der Waals surface area contributed by atoms with Crippen LogP contribution >= 0.6 is 0 Å². The van der Waals surface area contributed by atoms with Crippen molar-refractivity contribution in [1.82, 2.24) is 0 Å². The number of ketones is 3. The second kappa shape index (κ2) is 33.2. The van der Waals surface area contributed by atoms with Crippen LogP contribution in [0.5, 0.6) is 0 Å². The van der Waals surface area contributed by atoms with Crippen LogP contribution < -0.4 is 0 Å². The Bertz CT molecular complexity index is 1940. The van der Waals surface area contributed by atoms with Gasteiger partial charge in [0.2, 0.25) is 11.2 Å². The molecule has 0 aromatic heterocycles. The van der Waals surface area contributed by atoms with E-state index in [1.165, 1.54) is 0 Å². The highest BCUT2D eigenvalue weighted by molar-refractivity contribution is 6.12. The van der Waals surface area contributed by atoms with E-state index in [-0.39, 0.29) is 18.8 Å². The number of aliphatic hydroxyl groups is 3. The maximum Gasteiger partial charge on any atom is 0.310 e. The van der Waals surface area contributed by atoms with E-state index in [0.717, 1.165) is 141 Å². The predicted molar refractivity (Wildman–Crippen MR) is 329 cm³/mol. The number of rotatable bonds is 30. The topological polar surface area (TPSA) is 191 Å². The summed E-state index contributed by atoms with van der Waals surface area (Å²) in [6.45, 7) is 12.9. The second-order valence-corrected chi connectivity index (χ2v) is 29.0. The van der Waals surface area contributed by atoms with E-state index in [1.54, 1.807) is 0 Å². The van der Waals surface area contributed by atoms with Crippen molar-refractivity contribution in [3.63, 3.8) is 0 Å². The van der Waals surface area contributed by atoms with Crippen LogP contribution in [0.15, 0.2) is 0 Å². The van der Waals surface area contributed by atoms with Crippen LogP contribution in [0.2, 0.25) is 0 Å². The van der Waals surface area contributed by atoms with E-state index in [0.29, 0.717) is 145 Å². The molecule has 7 rings (SSSR count). The van der Waals surface area contributed by atoms with Gasteiger partial charge in [-0.25, -0.2) is 0 Å². The first-order valence-corrected chi connectivity index (χ1v) is 35.9. The fourth-order valence-electron chi connectivity index (χ4n) is 17.7. The number of ether oxygens (including phenoxy) is 3. The van der Waals surface area contributed by atoms with Gasteiger partial charge in [0.15, 0.2) is 17.3 Å². The monoisotopic (exact) mass is 1180 g/mol. The molecule has 0 radical (unpaired) electrons. The molecule has 0 spiro atoms. The maximum atomic E-state index is 17.7. The molecule has 2 unspecified atom stereocenters. The fourth-order valence-corrected chi connectivity index (χ4v) is 17.7. The van der Waals surface area contributed by atoms with Crippen LogP contribution in [-0.4, -0.2) is 85.7 Å². The van der Waals surface area contributed by atoms with Crippen molar-refractivity contribution >= 4 is 35.3 Å². The zero-order valence-corrected chi connectivity index (χ0v) is 53.9. The Morgan fingerprint density at radius 3 is 0.726 bits per heavy atom. The number of carbonyl (C=O) groups is 6. The van der Waals surface area contributed by atoms with E-state index in [4.69, 9.17) is 14.2 Å². The van der Waals surface area contributed by atoms with Gasteiger partial charge in [0.25, 0.3) is 5.60 Å². The Morgan fingerprint density at radius 2 is 0.500 bits per heavy atom. The molecular formula is C72H120O12. The van der Waals surface area contributed by atoms with Crippen LogP contribution in [0.4, 0.5) is 0 Å². The molecule has 7 fully saturated rings. The first kappa shape index (κ1) is 68.8. The Labute approximate surface area is 508 Å². The molecule has 480 valence electrons. The average molecular weight is 1180 g/mol. The summed E-state index contributed by atoms with van der Waals surface area (Å²) in [6, 6.07) is 0. The van der Waals surface area contributed by atoms with E-state index >= 15 is 28.8 Å². The van der Waals surface area contributed by atoms with Gasteiger partial charge in [0.05, 0.1) is 17.8 Å². The molecule has 0 saturated heterocycles. The normalized spacial score (nSPS) is 37.6. The lowest BCUT2D eigenvalue weighted by Gasteiger charge is -2.63. The highest BCUT2D eigenvalue weighted by Gasteiger charge is 2.89. The first-order valence-electron chi connectivity index (χ1n) is 35.9. The summed E-state index contributed by atoms with van der Waals surface area (Å²) in [5.74, 6) is -8.77. The molecule has 0 aromatic carbocycles. The molecule has 0 bridgehead atoms. The predicted octanol–water partition coefficient (Wildman–Crippen LogP) is 15.6. The van der Waals surface area contributed by atoms with Gasteiger partial charge in [-0.15, -0.1) is 0 Å². The summed E-state index contributed by atoms with van der Waals surface area (Å²) in [4.78, 5) is 100. The van der Waals surface area contributed by atoms with Crippen LogP contribution in [0.3, 0.4) is 0 Å². The van der Waals surface area contributed by atoms with Crippen molar-refractivity contribution in [2.75, 3.05) is 0 Å². The molecule has 12 nitrogen and oxygen atoms in total. The van der Waals surface area contributed by atoms with Crippen molar-refractivity contribution < 1.29 is 58.3 Å². The first-order chi connectivity index (χ1) is 40.6. The van der Waals surface area contributed by atoms with Gasteiger partial charge in [-0.1, -0.05) is 157 Å². The van der Waals surface area contributed by atoms with Crippen molar-refractivity contribution in [3.05, 3.63) is 0 Å². The van der Waals surface area contributed by atoms with Gasteiger partial charge < -0.3 is 29.5 Å². The molecule has 6 atom stereocenters. The third-order valence-corrected chi connectivity index (χ3v) is 23.4. The molecule has 0 heterocycles. The van der Waals surface area contributed by atoms with Gasteiger partial charge in [-0.05, 0) is 190 Å². The summed E-state index contributed by atoms with van der Waals surface area (Å²) in [5.41, 5.74) is -10.0. The van der Waals surface area contributed by atoms with Crippen molar-refractivity contribution in [2.45, 2.75) is 346 Å². The number of esters is 3. The lowest BCUT2D eigenvalue weighted by Crippen LogP contribution is -2.92. The Kier molecular flexibility index (Phi) is 27.2. The Hall–Kier alpha value is -2.70. The summed E-state index contributed by atoms with van der Waals surface area (Å²) in [6.07, 6.45) is 22.8. The largest absolute Gasteiger partial charge is 0.443 e. The molecular weight excluding hydrogens is 1060 g/mol. The van der Waals surface area contributed by atoms with E-state index in [2.05, 4.69) is 41.5 Å². The molecule has 7 saturated carbocycles. The van der Waals surface area contributed by atoms with E-state index < -0.39 is 106 Å². The minimum atomic E-state index is -3.43. The quantitative estimate of drug-likeness (QED) is 0.0456. The summed E-state index contributed by atoms with van der Waals surface area (Å²) >= 11 is 0. The van der Waals surface area contributed by atoms with Crippen molar-refractivity contribution in [2.24, 2.45) is 71.0 Å². The zero-order chi connectivity index (χ0) is 60.4. The fraction of sp³-hybridized carbons (Fsp3) is 0.917. The lowest BCUT2D eigenvalue weighted by atomic mass is 9.49. The average Bonchev–Trinajstić information content (AvgIpc) is 0.679. The second-order valence-electron chi connectivity index (χ2n) is 29.0. The number of hydrogen-bond acceptors (Lipinski definition) is 12. The smallest absolute Gasteiger partial charge is 0.310 e. The molecule has 3 N–H and O–H groups in total. The van der Waals surface area contributed by atoms with Crippen molar-refractivity contribution in [3.8, 4) is 0 Å². The van der Waals surface area contributed by atoms with Crippen molar-refractivity contribution in [1.29, 1.82) is 0 Å².